The quantitative estimate of drug-likeness (QED) is 0.835. The van der Waals surface area contributed by atoms with Gasteiger partial charge >= 0.3 is 0 Å². The first-order valence-corrected chi connectivity index (χ1v) is 9.82. The van der Waals surface area contributed by atoms with E-state index >= 15 is 0 Å². The third-order valence-corrected chi connectivity index (χ3v) is 5.11. The lowest BCUT2D eigenvalue weighted by atomic mass is 10.1. The maximum atomic E-state index is 8.96. The van der Waals surface area contributed by atoms with Crippen molar-refractivity contribution in [3.8, 4) is 6.07 Å². The van der Waals surface area contributed by atoms with Gasteiger partial charge in [0.05, 0.1) is 22.0 Å². The zero-order valence-electron chi connectivity index (χ0n) is 15.5. The lowest BCUT2D eigenvalue weighted by molar-refractivity contribution is 0.589. The zero-order valence-corrected chi connectivity index (χ0v) is 16.3. The minimum Gasteiger partial charge on any atom is -0.368 e. The van der Waals surface area contributed by atoms with Gasteiger partial charge in [-0.3, -0.25) is 0 Å². The van der Waals surface area contributed by atoms with Gasteiger partial charge in [0.2, 0.25) is 0 Å². The Bertz CT molecular complexity index is 761. The molecule has 0 spiro atoms. The summed E-state index contributed by atoms with van der Waals surface area (Å²) in [6, 6.07) is 18.0. The highest BCUT2D eigenvalue weighted by Crippen LogP contribution is 2.25. The van der Waals surface area contributed by atoms with Gasteiger partial charge in [0.15, 0.2) is 0 Å². The maximum Gasteiger partial charge on any atom is 0.101 e. The molecule has 2 heterocycles. The third kappa shape index (κ3) is 5.36. The van der Waals surface area contributed by atoms with Crippen molar-refractivity contribution in [2.75, 3.05) is 62.2 Å². The van der Waals surface area contributed by atoms with E-state index in [9.17, 15) is 0 Å². The Balaban J connectivity index is 0.000000156. The Labute approximate surface area is 166 Å². The molecule has 27 heavy (non-hydrogen) atoms. The molecular weight excluding hydrogens is 358 g/mol. The molecule has 4 rings (SSSR count). The summed E-state index contributed by atoms with van der Waals surface area (Å²) in [4.78, 5) is 4.58. The van der Waals surface area contributed by atoms with E-state index in [0.29, 0.717) is 0 Å². The highest BCUT2D eigenvalue weighted by Gasteiger charge is 2.13. The van der Waals surface area contributed by atoms with Crippen molar-refractivity contribution in [1.29, 1.82) is 5.26 Å². The first-order valence-electron chi connectivity index (χ1n) is 9.44. The molecule has 0 radical (unpaired) electrons. The number of nitrogens with zero attached hydrogens (tertiary/aromatic N) is 3. The Morgan fingerprint density at radius 3 is 1.78 bits per heavy atom. The van der Waals surface area contributed by atoms with E-state index in [4.69, 9.17) is 16.9 Å². The number of benzene rings is 2. The monoisotopic (exact) mass is 383 g/mol. The molecule has 2 N–H and O–H groups in total. The molecule has 0 amide bonds. The van der Waals surface area contributed by atoms with Crippen molar-refractivity contribution >= 4 is 23.0 Å². The smallest absolute Gasteiger partial charge is 0.101 e. The van der Waals surface area contributed by atoms with Crippen molar-refractivity contribution in [3.63, 3.8) is 0 Å². The van der Waals surface area contributed by atoms with E-state index < -0.39 is 0 Å². The number of rotatable bonds is 2. The lowest BCUT2D eigenvalue weighted by Crippen LogP contribution is -2.43. The van der Waals surface area contributed by atoms with Gasteiger partial charge in [-0.25, -0.2) is 0 Å². The molecule has 0 saturated carbocycles. The molecule has 142 valence electrons. The van der Waals surface area contributed by atoms with Crippen LogP contribution in [0.15, 0.2) is 48.5 Å². The van der Waals surface area contributed by atoms with Crippen LogP contribution >= 0.6 is 11.6 Å². The molecule has 5 nitrogen and oxygen atoms in total. The number of hydrogen-bond acceptors (Lipinski definition) is 5. The molecule has 2 fully saturated rings. The molecule has 0 bridgehead atoms. The summed E-state index contributed by atoms with van der Waals surface area (Å²) in [7, 11) is 0. The van der Waals surface area contributed by atoms with Gasteiger partial charge in [-0.2, -0.15) is 5.26 Å². The van der Waals surface area contributed by atoms with E-state index in [1.165, 1.54) is 0 Å². The summed E-state index contributed by atoms with van der Waals surface area (Å²) in [5, 5.41) is 16.4. The Morgan fingerprint density at radius 1 is 0.741 bits per heavy atom. The highest BCUT2D eigenvalue weighted by molar-refractivity contribution is 6.33. The van der Waals surface area contributed by atoms with E-state index in [1.54, 1.807) is 0 Å². The molecule has 2 aliphatic rings. The Morgan fingerprint density at radius 2 is 1.22 bits per heavy atom. The fourth-order valence-electron chi connectivity index (χ4n) is 3.36. The van der Waals surface area contributed by atoms with Gasteiger partial charge < -0.3 is 20.4 Å². The summed E-state index contributed by atoms with van der Waals surface area (Å²) in [5.74, 6) is 0. The number of nitriles is 1. The second kappa shape index (κ2) is 10.2. The van der Waals surface area contributed by atoms with Crippen LogP contribution in [0.25, 0.3) is 0 Å². The minimum atomic E-state index is 0.773. The second-order valence-corrected chi connectivity index (χ2v) is 6.96. The molecule has 0 atom stereocenters. The predicted octanol–water partition coefficient (Wildman–Crippen LogP) is 2.72. The third-order valence-electron chi connectivity index (χ3n) is 4.79. The van der Waals surface area contributed by atoms with Gasteiger partial charge in [-0.15, -0.1) is 0 Å². The number of para-hydroxylation sites is 2. The van der Waals surface area contributed by atoms with Gasteiger partial charge in [0.1, 0.15) is 6.07 Å². The van der Waals surface area contributed by atoms with Crippen LogP contribution in [0.4, 0.5) is 11.4 Å². The van der Waals surface area contributed by atoms with Gasteiger partial charge in [-0.1, -0.05) is 35.9 Å². The topological polar surface area (TPSA) is 54.3 Å². The first kappa shape index (κ1) is 19.5. The van der Waals surface area contributed by atoms with E-state index in [1.807, 2.05) is 42.5 Å². The number of nitrogens with one attached hydrogen (secondary N) is 2. The van der Waals surface area contributed by atoms with E-state index in [-0.39, 0.29) is 0 Å². The molecule has 2 aromatic carbocycles. The van der Waals surface area contributed by atoms with Crippen LogP contribution in [0.5, 0.6) is 0 Å². The molecule has 0 aromatic heterocycles. The Kier molecular flexibility index (Phi) is 7.35. The van der Waals surface area contributed by atoms with Gasteiger partial charge in [0, 0.05) is 52.4 Å². The van der Waals surface area contributed by atoms with Crippen molar-refractivity contribution in [2.24, 2.45) is 0 Å². The van der Waals surface area contributed by atoms with Crippen LogP contribution in [-0.4, -0.2) is 52.4 Å². The molecule has 0 aliphatic carbocycles. The average Bonchev–Trinajstić information content (AvgIpc) is 2.76. The zero-order chi connectivity index (χ0) is 18.9. The van der Waals surface area contributed by atoms with Crippen LogP contribution in [0, 0.1) is 11.3 Å². The number of hydrogen-bond donors (Lipinski definition) is 2. The van der Waals surface area contributed by atoms with Crippen LogP contribution in [-0.2, 0) is 0 Å². The number of halogens is 1. The Hall–Kier alpha value is -2.26. The fraction of sp³-hybridized carbons (Fsp3) is 0.381. The van der Waals surface area contributed by atoms with Crippen molar-refractivity contribution in [2.45, 2.75) is 0 Å². The fourth-order valence-corrected chi connectivity index (χ4v) is 3.62. The summed E-state index contributed by atoms with van der Waals surface area (Å²) in [6.07, 6.45) is 0. The highest BCUT2D eigenvalue weighted by atomic mass is 35.5. The number of piperazine rings is 2. The predicted molar refractivity (Wildman–Crippen MR) is 113 cm³/mol. The lowest BCUT2D eigenvalue weighted by Gasteiger charge is -2.30. The van der Waals surface area contributed by atoms with E-state index in [2.05, 4.69) is 32.6 Å². The largest absolute Gasteiger partial charge is 0.368 e. The molecule has 2 aliphatic heterocycles. The van der Waals surface area contributed by atoms with Gasteiger partial charge in [0.25, 0.3) is 0 Å². The maximum absolute atomic E-state index is 8.96. The van der Waals surface area contributed by atoms with Crippen LogP contribution in [0.2, 0.25) is 5.02 Å². The summed E-state index contributed by atoms with van der Waals surface area (Å²) < 4.78 is 0. The molecular formula is C21H26ClN5. The molecule has 2 saturated heterocycles. The SMILES string of the molecule is Clc1ccccc1N1CCNCC1.N#Cc1ccccc1N1CCNCC1. The normalized spacial score (nSPS) is 16.9. The summed E-state index contributed by atoms with van der Waals surface area (Å²) in [6.45, 7) is 8.15. The summed E-state index contributed by atoms with van der Waals surface area (Å²) >= 11 is 6.10. The van der Waals surface area contributed by atoms with Crippen molar-refractivity contribution < 1.29 is 0 Å². The van der Waals surface area contributed by atoms with Crippen LogP contribution in [0.1, 0.15) is 5.56 Å². The molecule has 6 heteroatoms. The second-order valence-electron chi connectivity index (χ2n) is 6.55. The van der Waals surface area contributed by atoms with Crippen molar-refractivity contribution in [3.05, 3.63) is 59.1 Å². The first-order chi connectivity index (χ1) is 13.3. The number of anilines is 2. The van der Waals surface area contributed by atoms with E-state index in [0.717, 1.165) is 74.3 Å². The van der Waals surface area contributed by atoms with Crippen LogP contribution < -0.4 is 20.4 Å². The van der Waals surface area contributed by atoms with Gasteiger partial charge in [-0.05, 0) is 24.3 Å². The minimum absolute atomic E-state index is 0.773. The molecule has 0 unspecified atom stereocenters. The standard InChI is InChI=1S/C11H13N3.C10H13ClN2/c12-9-10-3-1-2-4-11(10)14-7-5-13-6-8-14;11-9-3-1-2-4-10(9)13-7-5-12-6-8-13/h1-4,13H,5-8H2;1-4,12H,5-8H2. The van der Waals surface area contributed by atoms with Crippen LogP contribution in [0.3, 0.4) is 0 Å². The average molecular weight is 384 g/mol. The summed E-state index contributed by atoms with van der Waals surface area (Å²) in [5.41, 5.74) is 3.00. The van der Waals surface area contributed by atoms with Crippen molar-refractivity contribution in [1.82, 2.24) is 10.6 Å². The molecule has 2 aromatic rings.